The lowest BCUT2D eigenvalue weighted by atomic mass is 10.4. The number of Topliss-reactive ketones (excluding diaryl/α,β-unsaturated/α-hetero) is 1. The first kappa shape index (κ1) is 8.55. The van der Waals surface area contributed by atoms with Crippen LogP contribution in [0.15, 0.2) is 0 Å². The van der Waals surface area contributed by atoms with Gasteiger partial charge in [0.2, 0.25) is 0 Å². The molecule has 0 aromatic heterocycles. The Morgan fingerprint density at radius 1 is 1.78 bits per heavy atom. The second-order valence-corrected chi connectivity index (χ2v) is 1.75. The van der Waals surface area contributed by atoms with Gasteiger partial charge in [-0.15, -0.1) is 0 Å². The third kappa shape index (κ3) is 7.55. The van der Waals surface area contributed by atoms with Crippen molar-refractivity contribution in [1.82, 2.24) is 5.32 Å². The fourth-order valence-electron chi connectivity index (χ4n) is 0.396. The summed E-state index contributed by atoms with van der Waals surface area (Å²) in [5.74, 6) is 4.84. The van der Waals surface area contributed by atoms with Crippen LogP contribution < -0.4 is 11.2 Å². The second kappa shape index (κ2) is 5.68. The molecule has 0 aliphatic carbocycles. The van der Waals surface area contributed by atoms with Crippen molar-refractivity contribution in [2.45, 2.75) is 6.92 Å². The van der Waals surface area contributed by atoms with E-state index in [9.17, 15) is 4.79 Å². The van der Waals surface area contributed by atoms with Crippen LogP contribution >= 0.6 is 0 Å². The molecule has 0 rings (SSSR count). The highest BCUT2D eigenvalue weighted by Gasteiger charge is 1.89. The van der Waals surface area contributed by atoms with Crippen LogP contribution in [0, 0.1) is 0 Å². The third-order valence-corrected chi connectivity index (χ3v) is 0.771. The van der Waals surface area contributed by atoms with E-state index in [1.54, 1.807) is 0 Å². The molecule has 0 aromatic carbocycles. The Morgan fingerprint density at radius 2 is 2.44 bits per heavy atom. The molecular weight excluding hydrogens is 120 g/mol. The number of carbonyl (C=O) groups is 1. The van der Waals surface area contributed by atoms with E-state index >= 15 is 0 Å². The van der Waals surface area contributed by atoms with Crippen LogP contribution in [0.1, 0.15) is 6.92 Å². The molecule has 4 heteroatoms. The summed E-state index contributed by atoms with van der Waals surface area (Å²) in [6.07, 6.45) is 0. The number of nitrogens with two attached hydrogens (primary N) is 1. The highest BCUT2D eigenvalue weighted by atomic mass is 16.6. The molecule has 0 atom stereocenters. The first-order valence-corrected chi connectivity index (χ1v) is 2.79. The van der Waals surface area contributed by atoms with Crippen LogP contribution in [0.3, 0.4) is 0 Å². The van der Waals surface area contributed by atoms with E-state index in [4.69, 9.17) is 5.90 Å². The van der Waals surface area contributed by atoms with Crippen molar-refractivity contribution in [3.63, 3.8) is 0 Å². The van der Waals surface area contributed by atoms with Gasteiger partial charge in [0, 0.05) is 6.54 Å². The maximum Gasteiger partial charge on any atom is 0.143 e. The fraction of sp³-hybridized carbons (Fsp3) is 0.800. The zero-order valence-corrected chi connectivity index (χ0v) is 5.52. The Labute approximate surface area is 54.3 Å². The molecule has 3 N–H and O–H groups in total. The fourth-order valence-corrected chi connectivity index (χ4v) is 0.396. The van der Waals surface area contributed by atoms with Gasteiger partial charge in [-0.2, -0.15) is 0 Å². The maximum atomic E-state index is 10.3. The Balaban J connectivity index is 2.83. The maximum absolute atomic E-state index is 10.3. The molecule has 0 aromatic rings. The second-order valence-electron chi connectivity index (χ2n) is 1.75. The molecule has 9 heavy (non-hydrogen) atoms. The largest absolute Gasteiger partial charge is 0.308 e. The lowest BCUT2D eigenvalue weighted by molar-refractivity contribution is -0.116. The topological polar surface area (TPSA) is 64.3 Å². The van der Waals surface area contributed by atoms with E-state index in [1.807, 2.05) is 0 Å². The highest BCUT2D eigenvalue weighted by Crippen LogP contribution is 1.64. The van der Waals surface area contributed by atoms with E-state index in [0.717, 1.165) is 0 Å². The zero-order chi connectivity index (χ0) is 7.11. The number of rotatable bonds is 5. The Hall–Kier alpha value is -0.450. The van der Waals surface area contributed by atoms with E-state index in [-0.39, 0.29) is 5.78 Å². The summed E-state index contributed by atoms with van der Waals surface area (Å²) in [5, 5.41) is 2.83. The Morgan fingerprint density at radius 3 is 2.89 bits per heavy atom. The van der Waals surface area contributed by atoms with Gasteiger partial charge in [0.15, 0.2) is 0 Å². The van der Waals surface area contributed by atoms with Crippen LogP contribution in [0.5, 0.6) is 0 Å². The van der Waals surface area contributed by atoms with Gasteiger partial charge >= 0.3 is 0 Å². The predicted octanol–water partition coefficient (Wildman–Crippen LogP) is -0.945. The van der Waals surface area contributed by atoms with Gasteiger partial charge in [-0.05, 0) is 6.92 Å². The SMILES string of the molecule is CC(=O)CNCCON. The summed E-state index contributed by atoms with van der Waals surface area (Å²) >= 11 is 0. The van der Waals surface area contributed by atoms with Gasteiger partial charge in [-0.3, -0.25) is 4.79 Å². The van der Waals surface area contributed by atoms with Gasteiger partial charge in [0.05, 0.1) is 13.2 Å². The third-order valence-electron chi connectivity index (χ3n) is 0.771. The predicted molar refractivity (Wildman–Crippen MR) is 33.7 cm³/mol. The molecule has 0 unspecified atom stereocenters. The first-order valence-electron chi connectivity index (χ1n) is 2.79. The Bertz CT molecular complexity index is 85.0. The summed E-state index contributed by atoms with van der Waals surface area (Å²) in [6.45, 7) is 2.98. The molecule has 0 spiro atoms. The molecule has 0 aliphatic heterocycles. The summed E-state index contributed by atoms with van der Waals surface area (Å²) in [5.41, 5.74) is 0. The van der Waals surface area contributed by atoms with Crippen molar-refractivity contribution in [3.05, 3.63) is 0 Å². The van der Waals surface area contributed by atoms with Crippen LogP contribution in [0.25, 0.3) is 0 Å². The van der Waals surface area contributed by atoms with Crippen molar-refractivity contribution in [1.29, 1.82) is 0 Å². The first-order chi connectivity index (χ1) is 4.27. The van der Waals surface area contributed by atoms with Crippen LogP contribution in [-0.2, 0) is 9.63 Å². The number of hydrogen-bond donors (Lipinski definition) is 2. The van der Waals surface area contributed by atoms with Gasteiger partial charge in [-0.25, -0.2) is 5.90 Å². The molecule has 0 saturated carbocycles. The van der Waals surface area contributed by atoms with Crippen LogP contribution in [0.4, 0.5) is 0 Å². The van der Waals surface area contributed by atoms with E-state index in [0.29, 0.717) is 19.7 Å². The number of ketones is 1. The minimum Gasteiger partial charge on any atom is -0.308 e. The van der Waals surface area contributed by atoms with E-state index in [2.05, 4.69) is 10.2 Å². The minimum absolute atomic E-state index is 0.118. The highest BCUT2D eigenvalue weighted by molar-refractivity contribution is 5.77. The molecule has 0 saturated heterocycles. The van der Waals surface area contributed by atoms with Crippen LogP contribution in [-0.4, -0.2) is 25.5 Å². The minimum atomic E-state index is 0.118. The molecule has 0 fully saturated rings. The summed E-state index contributed by atoms with van der Waals surface area (Å²) < 4.78 is 0. The smallest absolute Gasteiger partial charge is 0.143 e. The monoisotopic (exact) mass is 132 g/mol. The average molecular weight is 132 g/mol. The molecule has 0 radical (unpaired) electrons. The Kier molecular flexibility index (Phi) is 5.40. The molecular formula is C5H12N2O2. The standard InChI is InChI=1S/C5H12N2O2/c1-5(8)4-7-2-3-9-6/h7H,2-4,6H2,1H3. The lowest BCUT2D eigenvalue weighted by Gasteiger charge is -1.98. The molecule has 4 nitrogen and oxygen atoms in total. The summed E-state index contributed by atoms with van der Waals surface area (Å²) in [4.78, 5) is 14.5. The molecule has 54 valence electrons. The molecule has 0 bridgehead atoms. The molecule has 0 amide bonds. The van der Waals surface area contributed by atoms with Gasteiger partial charge < -0.3 is 10.2 Å². The van der Waals surface area contributed by atoms with Crippen molar-refractivity contribution in [2.24, 2.45) is 5.90 Å². The van der Waals surface area contributed by atoms with Crippen molar-refractivity contribution >= 4 is 5.78 Å². The zero-order valence-electron chi connectivity index (χ0n) is 5.52. The van der Waals surface area contributed by atoms with Crippen molar-refractivity contribution in [3.8, 4) is 0 Å². The normalized spacial score (nSPS) is 9.56. The van der Waals surface area contributed by atoms with E-state index in [1.165, 1.54) is 6.92 Å². The van der Waals surface area contributed by atoms with Gasteiger partial charge in [0.25, 0.3) is 0 Å². The van der Waals surface area contributed by atoms with Gasteiger partial charge in [-0.1, -0.05) is 0 Å². The quantitative estimate of drug-likeness (QED) is 0.374. The number of carbonyl (C=O) groups excluding carboxylic acids is 1. The average Bonchev–Trinajstić information content (AvgIpc) is 1.80. The summed E-state index contributed by atoms with van der Waals surface area (Å²) in [6, 6.07) is 0. The van der Waals surface area contributed by atoms with Crippen molar-refractivity contribution in [2.75, 3.05) is 19.7 Å². The molecule has 0 aliphatic rings. The van der Waals surface area contributed by atoms with Gasteiger partial charge in [0.1, 0.15) is 5.78 Å². The van der Waals surface area contributed by atoms with Crippen LogP contribution in [0.2, 0.25) is 0 Å². The lowest BCUT2D eigenvalue weighted by Crippen LogP contribution is -2.25. The van der Waals surface area contributed by atoms with E-state index < -0.39 is 0 Å². The number of hydrogen-bond acceptors (Lipinski definition) is 4. The number of nitrogens with one attached hydrogen (secondary N) is 1. The van der Waals surface area contributed by atoms with Crippen molar-refractivity contribution < 1.29 is 9.63 Å². The molecule has 0 heterocycles. The summed E-state index contributed by atoms with van der Waals surface area (Å²) in [7, 11) is 0.